The van der Waals surface area contributed by atoms with Crippen molar-refractivity contribution in [3.63, 3.8) is 0 Å². The Labute approximate surface area is 187 Å². The van der Waals surface area contributed by atoms with Crippen molar-refractivity contribution in [1.29, 1.82) is 0 Å². The highest BCUT2D eigenvalue weighted by Crippen LogP contribution is 2.32. The van der Waals surface area contributed by atoms with Crippen molar-refractivity contribution >= 4 is 10.1 Å². The number of rotatable bonds is 15. The van der Waals surface area contributed by atoms with E-state index < -0.39 is 10.1 Å². The lowest BCUT2D eigenvalue weighted by Gasteiger charge is -2.12. The normalized spacial score (nSPS) is 11.5. The van der Waals surface area contributed by atoms with E-state index in [9.17, 15) is 18.1 Å². The molecule has 2 N–H and O–H groups in total. The second-order valence-electron chi connectivity index (χ2n) is 8.10. The maximum Gasteiger partial charge on any atom is 0.294 e. The summed E-state index contributed by atoms with van der Waals surface area (Å²) < 4.78 is 39.0. The molecule has 2 aromatic carbocycles. The van der Waals surface area contributed by atoms with E-state index in [-0.39, 0.29) is 22.1 Å². The lowest BCUT2D eigenvalue weighted by molar-refractivity contribution is 0.410. The predicted octanol–water partition coefficient (Wildman–Crippen LogP) is 7.28. The molecule has 31 heavy (non-hydrogen) atoms. The van der Waals surface area contributed by atoms with Crippen LogP contribution in [-0.4, -0.2) is 18.1 Å². The quantitative estimate of drug-likeness (QED) is 0.221. The van der Waals surface area contributed by atoms with Crippen LogP contribution in [0.3, 0.4) is 0 Å². The molecule has 0 aliphatic heterocycles. The van der Waals surface area contributed by atoms with Crippen LogP contribution in [0.5, 0.6) is 17.2 Å². The molecule has 0 atom stereocenters. The van der Waals surface area contributed by atoms with Crippen molar-refractivity contribution in [2.45, 2.75) is 88.9 Å². The topological polar surface area (TPSA) is 83.8 Å². The summed E-state index contributed by atoms with van der Waals surface area (Å²) in [7, 11) is -4.37. The van der Waals surface area contributed by atoms with Crippen molar-refractivity contribution < 1.29 is 22.8 Å². The molecule has 0 saturated heterocycles. The van der Waals surface area contributed by atoms with E-state index >= 15 is 0 Å². The number of unbranched alkanes of at least 4 members (excludes halogenated alkanes) is 10. The smallest absolute Gasteiger partial charge is 0.294 e. The molecule has 2 aromatic rings. The standard InChI is InChI=1S/C25H36O5S/c1-2-3-4-5-6-7-8-9-10-11-12-15-21-18-19-22(20-25(21)31(27,28)29)30-24-17-14-13-16-23(24)26/h13-14,16-20,26H,2-12,15H2,1H3,(H,27,28,29). The van der Waals surface area contributed by atoms with Crippen LogP contribution in [0.25, 0.3) is 0 Å². The lowest BCUT2D eigenvalue weighted by Crippen LogP contribution is -2.04. The van der Waals surface area contributed by atoms with E-state index in [0.717, 1.165) is 19.3 Å². The van der Waals surface area contributed by atoms with Crippen LogP contribution >= 0.6 is 0 Å². The average Bonchev–Trinajstić information content (AvgIpc) is 2.73. The van der Waals surface area contributed by atoms with Gasteiger partial charge in [-0.3, -0.25) is 4.55 Å². The maximum atomic E-state index is 11.9. The van der Waals surface area contributed by atoms with Crippen LogP contribution in [0.4, 0.5) is 0 Å². The molecular formula is C25H36O5S. The van der Waals surface area contributed by atoms with E-state index in [2.05, 4.69) is 6.92 Å². The van der Waals surface area contributed by atoms with Gasteiger partial charge in [0.1, 0.15) is 10.6 Å². The Morgan fingerprint density at radius 3 is 1.97 bits per heavy atom. The van der Waals surface area contributed by atoms with Gasteiger partial charge >= 0.3 is 0 Å². The first-order chi connectivity index (χ1) is 14.9. The molecule has 0 unspecified atom stereocenters. The molecular weight excluding hydrogens is 412 g/mol. The molecule has 0 spiro atoms. The van der Waals surface area contributed by atoms with Crippen LogP contribution in [0.15, 0.2) is 47.4 Å². The predicted molar refractivity (Wildman–Crippen MR) is 125 cm³/mol. The van der Waals surface area contributed by atoms with E-state index in [1.807, 2.05) is 0 Å². The minimum atomic E-state index is -4.37. The van der Waals surface area contributed by atoms with E-state index in [1.54, 1.807) is 30.3 Å². The van der Waals surface area contributed by atoms with Gasteiger partial charge in [-0.2, -0.15) is 8.42 Å². The molecule has 5 nitrogen and oxygen atoms in total. The highest BCUT2D eigenvalue weighted by atomic mass is 32.2. The van der Waals surface area contributed by atoms with Gasteiger partial charge in [0, 0.05) is 6.07 Å². The maximum absolute atomic E-state index is 11.9. The molecule has 0 radical (unpaired) electrons. The SMILES string of the molecule is CCCCCCCCCCCCCc1ccc(Oc2ccccc2O)cc1S(=O)(=O)O. The highest BCUT2D eigenvalue weighted by Gasteiger charge is 2.17. The van der Waals surface area contributed by atoms with Gasteiger partial charge < -0.3 is 9.84 Å². The van der Waals surface area contributed by atoms with Gasteiger partial charge in [-0.05, 0) is 36.6 Å². The zero-order chi connectivity index (χ0) is 22.5. The van der Waals surface area contributed by atoms with Gasteiger partial charge in [-0.1, -0.05) is 89.3 Å². The number of benzene rings is 2. The van der Waals surface area contributed by atoms with Crippen molar-refractivity contribution in [2.75, 3.05) is 0 Å². The Balaban J connectivity index is 1.81. The summed E-state index contributed by atoms with van der Waals surface area (Å²) in [6.45, 7) is 2.23. The minimum absolute atomic E-state index is 0.0408. The van der Waals surface area contributed by atoms with E-state index in [1.165, 1.54) is 63.5 Å². The molecule has 0 fully saturated rings. The van der Waals surface area contributed by atoms with E-state index in [4.69, 9.17) is 4.74 Å². The summed E-state index contributed by atoms with van der Waals surface area (Å²) in [5.74, 6) is 0.430. The molecule has 172 valence electrons. The fourth-order valence-corrected chi connectivity index (χ4v) is 4.46. The number of aryl methyl sites for hydroxylation is 1. The van der Waals surface area contributed by atoms with Gasteiger partial charge in [0.15, 0.2) is 11.5 Å². The largest absolute Gasteiger partial charge is 0.504 e. The first-order valence-electron chi connectivity index (χ1n) is 11.5. The number of ether oxygens (including phenoxy) is 1. The fraction of sp³-hybridized carbons (Fsp3) is 0.520. The van der Waals surface area contributed by atoms with Crippen molar-refractivity contribution in [1.82, 2.24) is 0 Å². The summed E-state index contributed by atoms with van der Waals surface area (Å²) in [6.07, 6.45) is 14.1. The third kappa shape index (κ3) is 9.32. The summed E-state index contributed by atoms with van der Waals surface area (Å²) in [4.78, 5) is -0.132. The van der Waals surface area contributed by atoms with Gasteiger partial charge in [0.25, 0.3) is 10.1 Å². The Bertz CT molecular complexity index is 893. The van der Waals surface area contributed by atoms with E-state index in [0.29, 0.717) is 12.0 Å². The summed E-state index contributed by atoms with van der Waals surface area (Å²) in [6, 6.07) is 11.1. The molecule has 0 heterocycles. The van der Waals surface area contributed by atoms with Crippen LogP contribution in [0, 0.1) is 0 Å². The van der Waals surface area contributed by atoms with Crippen molar-refractivity contribution in [3.05, 3.63) is 48.0 Å². The van der Waals surface area contributed by atoms with Crippen LogP contribution < -0.4 is 4.74 Å². The summed E-state index contributed by atoms with van der Waals surface area (Å²) in [5.41, 5.74) is 0.586. The zero-order valence-corrected chi connectivity index (χ0v) is 19.4. The van der Waals surface area contributed by atoms with Crippen molar-refractivity contribution in [3.8, 4) is 17.2 Å². The van der Waals surface area contributed by atoms with Crippen LogP contribution in [-0.2, 0) is 16.5 Å². The van der Waals surface area contributed by atoms with Gasteiger partial charge in [-0.25, -0.2) is 0 Å². The molecule has 0 bridgehead atoms. The number of phenolic OH excluding ortho intramolecular Hbond substituents is 1. The summed E-state index contributed by atoms with van der Waals surface area (Å²) in [5, 5.41) is 9.83. The van der Waals surface area contributed by atoms with Gasteiger partial charge in [-0.15, -0.1) is 0 Å². The van der Waals surface area contributed by atoms with Crippen molar-refractivity contribution in [2.24, 2.45) is 0 Å². The number of para-hydroxylation sites is 2. The number of phenols is 1. The lowest BCUT2D eigenvalue weighted by atomic mass is 10.0. The third-order valence-corrected chi connectivity index (χ3v) is 6.40. The monoisotopic (exact) mass is 448 g/mol. The minimum Gasteiger partial charge on any atom is -0.504 e. The van der Waals surface area contributed by atoms with Gasteiger partial charge in [0.2, 0.25) is 0 Å². The Morgan fingerprint density at radius 1 is 0.806 bits per heavy atom. The van der Waals surface area contributed by atoms with Gasteiger partial charge in [0.05, 0.1) is 0 Å². The fourth-order valence-electron chi connectivity index (χ4n) is 3.70. The molecule has 0 saturated carbocycles. The molecule has 0 aliphatic rings. The Kier molecular flexibility index (Phi) is 10.9. The second kappa shape index (κ2) is 13.4. The number of hydrogen-bond acceptors (Lipinski definition) is 4. The zero-order valence-electron chi connectivity index (χ0n) is 18.6. The average molecular weight is 449 g/mol. The van der Waals surface area contributed by atoms with Crippen LogP contribution in [0.1, 0.15) is 83.1 Å². The van der Waals surface area contributed by atoms with Crippen LogP contribution in [0.2, 0.25) is 0 Å². The number of hydrogen-bond donors (Lipinski definition) is 2. The first kappa shape index (κ1) is 25.2. The molecule has 2 rings (SSSR count). The molecule has 0 aromatic heterocycles. The summed E-state index contributed by atoms with van der Waals surface area (Å²) >= 11 is 0. The first-order valence-corrected chi connectivity index (χ1v) is 12.9. The Morgan fingerprint density at radius 2 is 1.39 bits per heavy atom. The Hall–Kier alpha value is -2.05. The second-order valence-corrected chi connectivity index (χ2v) is 9.49. The molecule has 0 aliphatic carbocycles. The highest BCUT2D eigenvalue weighted by molar-refractivity contribution is 7.85. The number of aromatic hydroxyl groups is 1. The third-order valence-electron chi connectivity index (χ3n) is 5.46. The molecule has 6 heteroatoms. The molecule has 0 amide bonds.